The fourth-order valence-corrected chi connectivity index (χ4v) is 5.02. The molecule has 1 unspecified atom stereocenters. The van der Waals surface area contributed by atoms with Crippen LogP contribution in [0.3, 0.4) is 0 Å². The first-order valence-electron chi connectivity index (χ1n) is 7.66. The summed E-state index contributed by atoms with van der Waals surface area (Å²) in [6, 6.07) is 0.00681. The molecule has 21 heavy (non-hydrogen) atoms. The molecule has 0 bridgehead atoms. The van der Waals surface area contributed by atoms with Gasteiger partial charge in [-0.3, -0.25) is 4.99 Å². The second-order valence-electron chi connectivity index (χ2n) is 6.23. The van der Waals surface area contributed by atoms with E-state index in [1.807, 2.05) is 0 Å². The molecular weight excluding hydrogens is 401 g/mol. The number of rotatable bonds is 4. The van der Waals surface area contributed by atoms with Crippen molar-refractivity contribution < 1.29 is 8.42 Å². The fraction of sp³-hybridized carbons (Fsp3) is 0.929. The lowest BCUT2D eigenvalue weighted by Crippen LogP contribution is -2.47. The summed E-state index contributed by atoms with van der Waals surface area (Å²) in [4.78, 5) is 4.23. The third kappa shape index (κ3) is 5.26. The van der Waals surface area contributed by atoms with Crippen LogP contribution in [0, 0.1) is 5.41 Å². The van der Waals surface area contributed by atoms with Gasteiger partial charge < -0.3 is 10.6 Å². The molecule has 1 aliphatic carbocycles. The Bertz CT molecular complexity index is 459. The standard InChI is InChI=1S/C14H27N3O2S.HI/c1-3-14(7-4-5-8-14)11-16-13(15-2)17-12-6-9-20(18,19)10-12;/h12H,3-11H2,1-2H3,(H2,15,16,17);1H. The van der Waals surface area contributed by atoms with Gasteiger partial charge >= 0.3 is 0 Å². The van der Waals surface area contributed by atoms with E-state index in [0.717, 1.165) is 12.5 Å². The third-order valence-electron chi connectivity index (χ3n) is 4.84. The van der Waals surface area contributed by atoms with Crippen LogP contribution < -0.4 is 10.6 Å². The van der Waals surface area contributed by atoms with Crippen LogP contribution in [-0.2, 0) is 9.84 Å². The maximum Gasteiger partial charge on any atom is 0.191 e. The molecule has 1 heterocycles. The van der Waals surface area contributed by atoms with Crippen LogP contribution in [0.2, 0.25) is 0 Å². The monoisotopic (exact) mass is 429 g/mol. The minimum Gasteiger partial charge on any atom is -0.356 e. The summed E-state index contributed by atoms with van der Waals surface area (Å²) in [7, 11) is -1.10. The third-order valence-corrected chi connectivity index (χ3v) is 6.61. The largest absolute Gasteiger partial charge is 0.356 e. The maximum atomic E-state index is 11.5. The van der Waals surface area contributed by atoms with Crippen molar-refractivity contribution in [2.24, 2.45) is 10.4 Å². The Kier molecular flexibility index (Phi) is 7.23. The highest BCUT2D eigenvalue weighted by Crippen LogP contribution is 2.40. The summed E-state index contributed by atoms with van der Waals surface area (Å²) < 4.78 is 22.9. The minimum atomic E-state index is -2.84. The summed E-state index contributed by atoms with van der Waals surface area (Å²) in [6.07, 6.45) is 7.08. The molecule has 0 aromatic heterocycles. The Balaban J connectivity index is 0.00000220. The molecular formula is C14H28IN3O2S. The fourth-order valence-electron chi connectivity index (χ4n) is 3.35. The van der Waals surface area contributed by atoms with Gasteiger partial charge in [-0.1, -0.05) is 19.8 Å². The molecule has 0 aromatic carbocycles. The zero-order valence-corrected chi connectivity index (χ0v) is 16.2. The predicted molar refractivity (Wildman–Crippen MR) is 98.2 cm³/mol. The van der Waals surface area contributed by atoms with Gasteiger partial charge in [-0.15, -0.1) is 24.0 Å². The highest BCUT2D eigenvalue weighted by atomic mass is 127. The Labute approximate surface area is 145 Å². The summed E-state index contributed by atoms with van der Waals surface area (Å²) in [5.41, 5.74) is 0.402. The van der Waals surface area contributed by atoms with E-state index in [0.29, 0.717) is 17.6 Å². The summed E-state index contributed by atoms with van der Waals surface area (Å²) in [5.74, 6) is 1.26. The number of aliphatic imine (C=N–C) groups is 1. The molecule has 2 aliphatic rings. The van der Waals surface area contributed by atoms with Gasteiger partial charge in [0.2, 0.25) is 0 Å². The van der Waals surface area contributed by atoms with Crippen LogP contribution in [-0.4, -0.2) is 45.5 Å². The van der Waals surface area contributed by atoms with Crippen molar-refractivity contribution in [1.29, 1.82) is 0 Å². The number of halogens is 1. The number of nitrogens with one attached hydrogen (secondary N) is 2. The Morgan fingerprint density at radius 2 is 2.00 bits per heavy atom. The molecule has 0 amide bonds. The molecule has 1 aliphatic heterocycles. The highest BCUT2D eigenvalue weighted by molar-refractivity contribution is 14.0. The molecule has 1 saturated heterocycles. The van der Waals surface area contributed by atoms with E-state index in [9.17, 15) is 8.42 Å². The van der Waals surface area contributed by atoms with Crippen molar-refractivity contribution in [1.82, 2.24) is 10.6 Å². The van der Waals surface area contributed by atoms with Gasteiger partial charge in [-0.25, -0.2) is 8.42 Å². The van der Waals surface area contributed by atoms with Gasteiger partial charge in [0, 0.05) is 19.6 Å². The lowest BCUT2D eigenvalue weighted by molar-refractivity contribution is 0.283. The lowest BCUT2D eigenvalue weighted by Gasteiger charge is -2.29. The zero-order chi connectivity index (χ0) is 14.6. The quantitative estimate of drug-likeness (QED) is 0.407. The highest BCUT2D eigenvalue weighted by Gasteiger charge is 2.33. The van der Waals surface area contributed by atoms with Gasteiger partial charge in [0.05, 0.1) is 11.5 Å². The van der Waals surface area contributed by atoms with Crippen molar-refractivity contribution >= 4 is 39.8 Å². The Morgan fingerprint density at radius 1 is 1.33 bits per heavy atom. The van der Waals surface area contributed by atoms with E-state index < -0.39 is 9.84 Å². The number of hydrogen-bond acceptors (Lipinski definition) is 3. The molecule has 0 radical (unpaired) electrons. The smallest absolute Gasteiger partial charge is 0.191 e. The van der Waals surface area contributed by atoms with E-state index in [4.69, 9.17) is 0 Å². The minimum absolute atomic E-state index is 0. The average Bonchev–Trinajstić information content (AvgIpc) is 3.02. The van der Waals surface area contributed by atoms with Crippen LogP contribution in [0.4, 0.5) is 0 Å². The molecule has 1 saturated carbocycles. The van der Waals surface area contributed by atoms with Crippen molar-refractivity contribution in [3.8, 4) is 0 Å². The van der Waals surface area contributed by atoms with Crippen LogP contribution in [0.15, 0.2) is 4.99 Å². The van der Waals surface area contributed by atoms with Gasteiger partial charge in [-0.2, -0.15) is 0 Å². The first kappa shape index (κ1) is 19.0. The molecule has 1 atom stereocenters. The lowest BCUT2D eigenvalue weighted by atomic mass is 9.83. The van der Waals surface area contributed by atoms with E-state index in [2.05, 4.69) is 22.5 Å². The van der Waals surface area contributed by atoms with Gasteiger partial charge in [0.1, 0.15) is 0 Å². The van der Waals surface area contributed by atoms with Crippen LogP contribution >= 0.6 is 24.0 Å². The Hall–Kier alpha value is -0.0500. The molecule has 0 aromatic rings. The number of hydrogen-bond donors (Lipinski definition) is 2. The molecule has 5 nitrogen and oxygen atoms in total. The van der Waals surface area contributed by atoms with Crippen molar-refractivity contribution in [3.63, 3.8) is 0 Å². The first-order chi connectivity index (χ1) is 9.49. The first-order valence-corrected chi connectivity index (χ1v) is 9.48. The van der Waals surface area contributed by atoms with Crippen molar-refractivity contribution in [3.05, 3.63) is 0 Å². The molecule has 7 heteroatoms. The molecule has 2 rings (SSSR count). The van der Waals surface area contributed by atoms with E-state index in [1.54, 1.807) is 7.05 Å². The van der Waals surface area contributed by atoms with Crippen molar-refractivity contribution in [2.45, 2.75) is 51.5 Å². The summed E-state index contributed by atoms with van der Waals surface area (Å²) >= 11 is 0. The molecule has 2 fully saturated rings. The molecule has 0 spiro atoms. The normalized spacial score (nSPS) is 27.1. The van der Waals surface area contributed by atoms with E-state index in [1.165, 1.54) is 32.1 Å². The number of nitrogens with zero attached hydrogens (tertiary/aromatic N) is 1. The predicted octanol–water partition coefficient (Wildman–Crippen LogP) is 1.93. The SMILES string of the molecule is CCC1(CNC(=NC)NC2CCS(=O)(=O)C2)CCCC1.I. The van der Waals surface area contributed by atoms with Crippen LogP contribution in [0.1, 0.15) is 45.4 Å². The van der Waals surface area contributed by atoms with Gasteiger partial charge in [0.15, 0.2) is 15.8 Å². The van der Waals surface area contributed by atoms with Crippen LogP contribution in [0.25, 0.3) is 0 Å². The summed E-state index contributed by atoms with van der Waals surface area (Å²) in [6.45, 7) is 3.19. The van der Waals surface area contributed by atoms with Crippen LogP contribution in [0.5, 0.6) is 0 Å². The number of sulfone groups is 1. The van der Waals surface area contributed by atoms with Crippen molar-refractivity contribution in [2.75, 3.05) is 25.1 Å². The molecule has 124 valence electrons. The second-order valence-corrected chi connectivity index (χ2v) is 8.46. The summed E-state index contributed by atoms with van der Waals surface area (Å²) in [5, 5.41) is 6.65. The molecule has 2 N–H and O–H groups in total. The Morgan fingerprint density at radius 3 is 2.48 bits per heavy atom. The number of guanidine groups is 1. The topological polar surface area (TPSA) is 70.6 Å². The second kappa shape index (κ2) is 7.99. The van der Waals surface area contributed by atoms with E-state index in [-0.39, 0.29) is 35.8 Å². The average molecular weight is 429 g/mol. The van der Waals surface area contributed by atoms with Gasteiger partial charge in [-0.05, 0) is 31.1 Å². The van der Waals surface area contributed by atoms with E-state index >= 15 is 0 Å². The van der Waals surface area contributed by atoms with Gasteiger partial charge in [0.25, 0.3) is 0 Å². The maximum absolute atomic E-state index is 11.5. The zero-order valence-electron chi connectivity index (χ0n) is 13.0.